The molecular formula is C25H25N5O4S2. The first-order valence-electron chi connectivity index (χ1n) is 11.9. The molecule has 0 saturated carbocycles. The molecule has 1 fully saturated rings. The number of hydrogen-bond donors (Lipinski definition) is 1. The van der Waals surface area contributed by atoms with Gasteiger partial charge in [-0.2, -0.15) is 14.1 Å². The second-order valence-corrected chi connectivity index (χ2v) is 11.8. The van der Waals surface area contributed by atoms with Crippen molar-refractivity contribution in [1.82, 2.24) is 19.1 Å². The maximum absolute atomic E-state index is 13.6. The summed E-state index contributed by atoms with van der Waals surface area (Å²) >= 11 is 1.51. The normalized spacial score (nSPS) is 18.0. The molecule has 1 aliphatic heterocycles. The van der Waals surface area contributed by atoms with Crippen molar-refractivity contribution < 1.29 is 17.9 Å². The molecule has 2 aromatic carbocycles. The van der Waals surface area contributed by atoms with Crippen molar-refractivity contribution in [2.75, 3.05) is 19.0 Å². The number of sulfonamides is 1. The number of anilines is 1. The van der Waals surface area contributed by atoms with Crippen LogP contribution in [-0.4, -0.2) is 53.1 Å². The van der Waals surface area contributed by atoms with Crippen LogP contribution in [0.2, 0.25) is 0 Å². The molecule has 1 N–H and O–H groups in total. The third-order valence-electron chi connectivity index (χ3n) is 6.78. The summed E-state index contributed by atoms with van der Waals surface area (Å²) in [5.41, 5.74) is 2.84. The van der Waals surface area contributed by atoms with Crippen LogP contribution in [0.25, 0.3) is 15.3 Å². The first-order valence-corrected chi connectivity index (χ1v) is 14.1. The molecule has 1 aliphatic carbocycles. The highest BCUT2D eigenvalue weighted by atomic mass is 32.2. The number of hydrogen-bond acceptors (Lipinski definition) is 7. The van der Waals surface area contributed by atoms with Gasteiger partial charge in [0.25, 0.3) is 0 Å². The van der Waals surface area contributed by atoms with E-state index in [1.807, 2.05) is 24.3 Å². The number of aromatic nitrogens is 3. The van der Waals surface area contributed by atoms with Gasteiger partial charge in [0.1, 0.15) is 17.6 Å². The lowest BCUT2D eigenvalue weighted by Gasteiger charge is -2.23. The van der Waals surface area contributed by atoms with Crippen LogP contribution in [0.3, 0.4) is 0 Å². The van der Waals surface area contributed by atoms with E-state index >= 15 is 0 Å². The van der Waals surface area contributed by atoms with Gasteiger partial charge in [-0.1, -0.05) is 23.5 Å². The van der Waals surface area contributed by atoms with E-state index < -0.39 is 16.1 Å². The molecule has 1 unspecified atom stereocenters. The first-order chi connectivity index (χ1) is 17.5. The van der Waals surface area contributed by atoms with Gasteiger partial charge < -0.3 is 10.1 Å². The number of thiazole rings is 1. The maximum atomic E-state index is 13.6. The van der Waals surface area contributed by atoms with Crippen molar-refractivity contribution in [1.29, 1.82) is 0 Å². The predicted molar refractivity (Wildman–Crippen MR) is 137 cm³/mol. The molecule has 6 rings (SSSR count). The fourth-order valence-corrected chi connectivity index (χ4v) is 7.56. The molecule has 3 heterocycles. The van der Waals surface area contributed by atoms with Crippen molar-refractivity contribution in [2.24, 2.45) is 0 Å². The number of amides is 1. The molecular weight excluding hydrogens is 498 g/mol. The van der Waals surface area contributed by atoms with Crippen LogP contribution < -0.4 is 10.1 Å². The van der Waals surface area contributed by atoms with E-state index in [4.69, 9.17) is 14.8 Å². The summed E-state index contributed by atoms with van der Waals surface area (Å²) in [6.07, 6.45) is 3.70. The average molecular weight is 524 g/mol. The van der Waals surface area contributed by atoms with Gasteiger partial charge in [-0.05, 0) is 68.5 Å². The predicted octanol–water partition coefficient (Wildman–Crippen LogP) is 3.77. The molecule has 0 radical (unpaired) electrons. The molecule has 0 bridgehead atoms. The second-order valence-electron chi connectivity index (χ2n) is 8.94. The van der Waals surface area contributed by atoms with Gasteiger partial charge >= 0.3 is 0 Å². The van der Waals surface area contributed by atoms with Crippen LogP contribution in [0.1, 0.15) is 30.5 Å². The number of rotatable bonds is 6. The van der Waals surface area contributed by atoms with Gasteiger partial charge in [-0.3, -0.25) is 4.79 Å². The Balaban J connectivity index is 1.31. The van der Waals surface area contributed by atoms with Gasteiger partial charge in [0.05, 0.1) is 27.9 Å². The largest absolute Gasteiger partial charge is 0.497 e. The lowest BCUT2D eigenvalue weighted by molar-refractivity contribution is -0.119. The van der Waals surface area contributed by atoms with E-state index in [0.717, 1.165) is 40.7 Å². The lowest BCUT2D eigenvalue weighted by Crippen LogP contribution is -2.43. The van der Waals surface area contributed by atoms with E-state index in [9.17, 15) is 13.2 Å². The molecule has 2 aliphatic rings. The number of fused-ring (bicyclic) bond motifs is 2. The number of aryl methyl sites for hydroxylation is 1. The summed E-state index contributed by atoms with van der Waals surface area (Å²) in [5, 5.41) is 8.50. The van der Waals surface area contributed by atoms with Crippen LogP contribution in [-0.2, 0) is 27.7 Å². The molecule has 36 heavy (non-hydrogen) atoms. The van der Waals surface area contributed by atoms with Crippen molar-refractivity contribution in [3.63, 3.8) is 0 Å². The van der Waals surface area contributed by atoms with Gasteiger partial charge in [0.15, 0.2) is 0 Å². The Morgan fingerprint density at radius 1 is 1.11 bits per heavy atom. The minimum Gasteiger partial charge on any atom is -0.497 e. The van der Waals surface area contributed by atoms with E-state index in [2.05, 4.69) is 5.32 Å². The Labute approximate surface area is 212 Å². The van der Waals surface area contributed by atoms with E-state index in [1.54, 1.807) is 16.8 Å². The molecule has 1 atom stereocenters. The lowest BCUT2D eigenvalue weighted by atomic mass is 10.2. The molecule has 4 aromatic rings. The summed E-state index contributed by atoms with van der Waals surface area (Å²) in [6.45, 7) is 0.293. The summed E-state index contributed by atoms with van der Waals surface area (Å²) in [6, 6.07) is 13.3. The third kappa shape index (κ3) is 3.87. The van der Waals surface area contributed by atoms with Crippen LogP contribution >= 0.6 is 11.3 Å². The number of benzene rings is 2. The topological polar surface area (TPSA) is 106 Å². The molecule has 2 aromatic heterocycles. The second kappa shape index (κ2) is 8.99. The number of ether oxygens (including phenoxy) is 1. The number of nitrogens with zero attached hydrogens (tertiary/aromatic N) is 4. The Kier molecular flexibility index (Phi) is 5.78. The Morgan fingerprint density at radius 3 is 2.69 bits per heavy atom. The number of methoxy groups -OCH3 is 1. The van der Waals surface area contributed by atoms with Gasteiger partial charge in [0.2, 0.25) is 21.1 Å². The monoisotopic (exact) mass is 523 g/mol. The smallest absolute Gasteiger partial charge is 0.244 e. The summed E-state index contributed by atoms with van der Waals surface area (Å²) < 4.78 is 36.0. The minimum absolute atomic E-state index is 0.142. The highest BCUT2D eigenvalue weighted by Crippen LogP contribution is 2.35. The van der Waals surface area contributed by atoms with Gasteiger partial charge in [-0.25, -0.2) is 13.4 Å². The summed E-state index contributed by atoms with van der Waals surface area (Å²) in [4.78, 5) is 18.4. The van der Waals surface area contributed by atoms with E-state index in [-0.39, 0.29) is 10.8 Å². The molecule has 1 saturated heterocycles. The van der Waals surface area contributed by atoms with Crippen molar-refractivity contribution in [3.8, 4) is 10.9 Å². The number of nitrogens with one attached hydrogen (secondary N) is 1. The van der Waals surface area contributed by atoms with Gasteiger partial charge in [0, 0.05) is 12.1 Å². The highest BCUT2D eigenvalue weighted by molar-refractivity contribution is 7.89. The van der Waals surface area contributed by atoms with Crippen LogP contribution in [0.15, 0.2) is 53.4 Å². The number of para-hydroxylation sites is 1. The van der Waals surface area contributed by atoms with Crippen LogP contribution in [0.4, 0.5) is 5.82 Å². The minimum atomic E-state index is -3.84. The van der Waals surface area contributed by atoms with E-state index in [1.165, 1.54) is 34.9 Å². The van der Waals surface area contributed by atoms with Crippen molar-refractivity contribution in [2.45, 2.75) is 43.0 Å². The van der Waals surface area contributed by atoms with Crippen molar-refractivity contribution >= 4 is 43.3 Å². The fourth-order valence-electron chi connectivity index (χ4n) is 4.98. The molecule has 11 heteroatoms. The summed E-state index contributed by atoms with van der Waals surface area (Å²) in [5.74, 6) is 0.823. The first kappa shape index (κ1) is 23.1. The number of carbonyl (C=O) groups excluding carboxylic acids is 1. The van der Waals surface area contributed by atoms with Gasteiger partial charge in [-0.15, -0.1) is 0 Å². The third-order valence-corrected chi connectivity index (χ3v) is 9.72. The average Bonchev–Trinajstić information content (AvgIpc) is 3.68. The molecule has 186 valence electrons. The molecule has 9 nitrogen and oxygen atoms in total. The standard InChI is InChI=1S/C25H25N5O4S2/c1-34-16-11-13-17(14-12-16)36(32,33)29-15-5-9-21(29)24(31)27-23-18-6-4-8-19(18)28-30(23)25-26-20-7-2-3-10-22(20)35-25/h2-3,7,10-14,21H,4-6,8-9,15H2,1H3,(H,27,31). The SMILES string of the molecule is COc1ccc(S(=O)(=O)N2CCCC2C(=O)Nc2c3c(nn2-c2nc4ccccc4s2)CCC3)cc1. The van der Waals surface area contributed by atoms with Crippen LogP contribution in [0.5, 0.6) is 5.75 Å². The Morgan fingerprint density at radius 2 is 1.92 bits per heavy atom. The Bertz CT molecular complexity index is 1530. The quantitative estimate of drug-likeness (QED) is 0.412. The molecule has 1 amide bonds. The van der Waals surface area contributed by atoms with Crippen molar-refractivity contribution in [3.05, 3.63) is 59.8 Å². The zero-order valence-electron chi connectivity index (χ0n) is 19.7. The highest BCUT2D eigenvalue weighted by Gasteiger charge is 2.40. The molecule has 0 spiro atoms. The summed E-state index contributed by atoms with van der Waals surface area (Å²) in [7, 11) is -2.32. The zero-order chi connectivity index (χ0) is 24.9. The van der Waals surface area contributed by atoms with E-state index in [0.29, 0.717) is 36.1 Å². The maximum Gasteiger partial charge on any atom is 0.244 e. The Hall–Kier alpha value is -3.28. The van der Waals surface area contributed by atoms with Crippen LogP contribution in [0, 0.1) is 0 Å². The number of carbonyl (C=O) groups is 1. The fraction of sp³-hybridized carbons (Fsp3) is 0.320. The zero-order valence-corrected chi connectivity index (χ0v) is 21.3.